The Morgan fingerprint density at radius 2 is 1.95 bits per heavy atom. The fourth-order valence-electron chi connectivity index (χ4n) is 2.16. The van der Waals surface area contributed by atoms with Crippen molar-refractivity contribution in [3.05, 3.63) is 42.1 Å². The van der Waals surface area contributed by atoms with Gasteiger partial charge in [-0.1, -0.05) is 38.0 Å². The van der Waals surface area contributed by atoms with Crippen molar-refractivity contribution in [3.8, 4) is 5.75 Å². The van der Waals surface area contributed by atoms with Gasteiger partial charge in [0.15, 0.2) is 0 Å². The molecule has 0 bridgehead atoms. The number of nitrogens with zero attached hydrogens (tertiary/aromatic N) is 2. The lowest BCUT2D eigenvalue weighted by Gasteiger charge is -2.10. The molecule has 0 fully saturated rings. The van der Waals surface area contributed by atoms with Crippen LogP contribution < -0.4 is 15.4 Å². The summed E-state index contributed by atoms with van der Waals surface area (Å²) in [5.74, 6) is 2.34. The van der Waals surface area contributed by atoms with E-state index in [1.54, 1.807) is 13.3 Å². The summed E-state index contributed by atoms with van der Waals surface area (Å²) in [7, 11) is 1.68. The predicted molar refractivity (Wildman–Crippen MR) is 90.4 cm³/mol. The van der Waals surface area contributed by atoms with E-state index in [9.17, 15) is 0 Å². The molecule has 0 radical (unpaired) electrons. The molecule has 0 aliphatic heterocycles. The van der Waals surface area contributed by atoms with E-state index < -0.39 is 0 Å². The van der Waals surface area contributed by atoms with Crippen LogP contribution in [0, 0.1) is 0 Å². The summed E-state index contributed by atoms with van der Waals surface area (Å²) >= 11 is 0. The Labute approximate surface area is 132 Å². The van der Waals surface area contributed by atoms with E-state index in [1.807, 2.05) is 30.3 Å². The number of nitrogens with one attached hydrogen (secondary N) is 2. The number of rotatable bonds is 9. The summed E-state index contributed by atoms with van der Waals surface area (Å²) < 4.78 is 5.34. The molecule has 2 aromatic rings. The standard InChI is InChI=1S/C17H24N4O/c1-3-4-7-11-18-16-10-12-19-17(21-16)20-13-14-8-5-6-9-15(14)22-2/h5-6,8-10,12H,3-4,7,11,13H2,1-2H3,(H2,18,19,20,21). The second-order valence-electron chi connectivity index (χ2n) is 5.06. The smallest absolute Gasteiger partial charge is 0.224 e. The van der Waals surface area contributed by atoms with Crippen LogP contribution in [0.1, 0.15) is 31.7 Å². The molecule has 1 aromatic heterocycles. The summed E-state index contributed by atoms with van der Waals surface area (Å²) in [4.78, 5) is 8.72. The molecule has 1 aromatic carbocycles. The number of para-hydroxylation sites is 1. The van der Waals surface area contributed by atoms with Crippen molar-refractivity contribution in [3.63, 3.8) is 0 Å². The quantitative estimate of drug-likeness (QED) is 0.692. The average molecular weight is 300 g/mol. The monoisotopic (exact) mass is 300 g/mol. The second-order valence-corrected chi connectivity index (χ2v) is 5.06. The number of unbranched alkanes of at least 4 members (excludes halogenated alkanes) is 2. The first-order chi connectivity index (χ1) is 10.8. The molecule has 22 heavy (non-hydrogen) atoms. The second kappa shape index (κ2) is 8.87. The van der Waals surface area contributed by atoms with Gasteiger partial charge in [-0.25, -0.2) is 4.98 Å². The topological polar surface area (TPSA) is 59.1 Å². The lowest BCUT2D eigenvalue weighted by Crippen LogP contribution is -2.08. The number of anilines is 2. The van der Waals surface area contributed by atoms with Crippen LogP contribution >= 0.6 is 0 Å². The third-order valence-electron chi connectivity index (χ3n) is 3.37. The van der Waals surface area contributed by atoms with Gasteiger partial charge in [-0.05, 0) is 18.6 Å². The molecule has 5 heteroatoms. The maximum atomic E-state index is 5.34. The van der Waals surface area contributed by atoms with E-state index in [0.717, 1.165) is 30.1 Å². The molecule has 2 rings (SSSR count). The number of hydrogen-bond donors (Lipinski definition) is 2. The maximum Gasteiger partial charge on any atom is 0.224 e. The Morgan fingerprint density at radius 3 is 2.77 bits per heavy atom. The first-order valence-corrected chi connectivity index (χ1v) is 7.76. The van der Waals surface area contributed by atoms with Crippen molar-refractivity contribution in [1.29, 1.82) is 0 Å². The highest BCUT2D eigenvalue weighted by atomic mass is 16.5. The normalized spacial score (nSPS) is 10.3. The Balaban J connectivity index is 1.90. The van der Waals surface area contributed by atoms with E-state index in [2.05, 4.69) is 27.5 Å². The van der Waals surface area contributed by atoms with Crippen molar-refractivity contribution < 1.29 is 4.74 Å². The fourth-order valence-corrected chi connectivity index (χ4v) is 2.16. The van der Waals surface area contributed by atoms with Crippen LogP contribution in [0.5, 0.6) is 5.75 Å². The number of hydrogen-bond acceptors (Lipinski definition) is 5. The summed E-state index contributed by atoms with van der Waals surface area (Å²) in [6.07, 6.45) is 5.37. The largest absolute Gasteiger partial charge is 0.496 e. The Morgan fingerprint density at radius 1 is 1.09 bits per heavy atom. The van der Waals surface area contributed by atoms with Gasteiger partial charge in [0.2, 0.25) is 5.95 Å². The minimum atomic E-state index is 0.617. The van der Waals surface area contributed by atoms with E-state index in [4.69, 9.17) is 4.74 Å². The fraction of sp³-hybridized carbons (Fsp3) is 0.412. The summed E-state index contributed by atoms with van der Waals surface area (Å²) in [5, 5.41) is 6.56. The first-order valence-electron chi connectivity index (χ1n) is 7.76. The van der Waals surface area contributed by atoms with Gasteiger partial charge in [0.05, 0.1) is 7.11 Å². The Hall–Kier alpha value is -2.30. The highest BCUT2D eigenvalue weighted by Gasteiger charge is 2.03. The Bertz CT molecular complexity index is 574. The molecule has 0 saturated carbocycles. The van der Waals surface area contributed by atoms with Crippen LogP contribution in [0.15, 0.2) is 36.5 Å². The van der Waals surface area contributed by atoms with Crippen molar-refractivity contribution in [2.45, 2.75) is 32.7 Å². The molecule has 0 atom stereocenters. The zero-order chi connectivity index (χ0) is 15.6. The third-order valence-corrected chi connectivity index (χ3v) is 3.37. The number of ether oxygens (including phenoxy) is 1. The molecule has 0 saturated heterocycles. The van der Waals surface area contributed by atoms with Crippen LogP contribution in [0.4, 0.5) is 11.8 Å². The Kier molecular flexibility index (Phi) is 6.48. The van der Waals surface area contributed by atoms with Crippen LogP contribution in [0.25, 0.3) is 0 Å². The molecule has 0 aliphatic rings. The number of benzene rings is 1. The van der Waals surface area contributed by atoms with Gasteiger partial charge in [0.25, 0.3) is 0 Å². The highest BCUT2D eigenvalue weighted by Crippen LogP contribution is 2.18. The molecule has 2 N–H and O–H groups in total. The van der Waals surface area contributed by atoms with Crippen LogP contribution in [-0.2, 0) is 6.54 Å². The van der Waals surface area contributed by atoms with Crippen LogP contribution in [-0.4, -0.2) is 23.6 Å². The number of methoxy groups -OCH3 is 1. The molecule has 0 aliphatic carbocycles. The van der Waals surface area contributed by atoms with Crippen LogP contribution in [0.3, 0.4) is 0 Å². The first kappa shape index (κ1) is 16.1. The minimum Gasteiger partial charge on any atom is -0.496 e. The molecular weight excluding hydrogens is 276 g/mol. The van der Waals surface area contributed by atoms with E-state index in [1.165, 1.54) is 12.8 Å². The lowest BCUT2D eigenvalue weighted by molar-refractivity contribution is 0.410. The van der Waals surface area contributed by atoms with Gasteiger partial charge in [-0.2, -0.15) is 4.98 Å². The molecule has 5 nitrogen and oxygen atoms in total. The van der Waals surface area contributed by atoms with Crippen molar-refractivity contribution in [2.24, 2.45) is 0 Å². The molecule has 1 heterocycles. The minimum absolute atomic E-state index is 0.617. The van der Waals surface area contributed by atoms with Crippen molar-refractivity contribution >= 4 is 11.8 Å². The van der Waals surface area contributed by atoms with Crippen LogP contribution in [0.2, 0.25) is 0 Å². The zero-order valence-corrected chi connectivity index (χ0v) is 13.3. The van der Waals surface area contributed by atoms with E-state index in [-0.39, 0.29) is 0 Å². The van der Waals surface area contributed by atoms with Gasteiger partial charge >= 0.3 is 0 Å². The third kappa shape index (κ3) is 4.91. The van der Waals surface area contributed by atoms with Crippen molar-refractivity contribution in [1.82, 2.24) is 9.97 Å². The van der Waals surface area contributed by atoms with Gasteiger partial charge in [0.1, 0.15) is 11.6 Å². The SMILES string of the molecule is CCCCCNc1ccnc(NCc2ccccc2OC)n1. The average Bonchev–Trinajstić information content (AvgIpc) is 2.57. The summed E-state index contributed by atoms with van der Waals surface area (Å²) in [6, 6.07) is 9.81. The van der Waals surface area contributed by atoms with E-state index in [0.29, 0.717) is 12.5 Å². The molecule has 0 spiro atoms. The lowest BCUT2D eigenvalue weighted by atomic mass is 10.2. The highest BCUT2D eigenvalue weighted by molar-refractivity contribution is 5.41. The number of aromatic nitrogens is 2. The van der Waals surface area contributed by atoms with Gasteiger partial charge in [-0.15, -0.1) is 0 Å². The van der Waals surface area contributed by atoms with Crippen molar-refractivity contribution in [2.75, 3.05) is 24.3 Å². The van der Waals surface area contributed by atoms with Gasteiger partial charge < -0.3 is 15.4 Å². The molecule has 0 unspecified atom stereocenters. The zero-order valence-electron chi connectivity index (χ0n) is 13.3. The predicted octanol–water partition coefficient (Wildman–Crippen LogP) is 3.70. The molecule has 0 amide bonds. The molecular formula is C17H24N4O. The van der Waals surface area contributed by atoms with Gasteiger partial charge in [0, 0.05) is 24.8 Å². The summed E-state index contributed by atoms with van der Waals surface area (Å²) in [5.41, 5.74) is 1.08. The molecule has 118 valence electrons. The van der Waals surface area contributed by atoms with E-state index >= 15 is 0 Å². The summed E-state index contributed by atoms with van der Waals surface area (Å²) in [6.45, 7) is 3.77. The maximum absolute atomic E-state index is 5.34. The van der Waals surface area contributed by atoms with Gasteiger partial charge in [-0.3, -0.25) is 0 Å².